The van der Waals surface area contributed by atoms with E-state index in [0.717, 1.165) is 56.7 Å². The van der Waals surface area contributed by atoms with Crippen molar-refractivity contribution < 1.29 is 43.1 Å². The van der Waals surface area contributed by atoms with Gasteiger partial charge in [-0.3, -0.25) is 4.79 Å². The predicted molar refractivity (Wildman–Crippen MR) is 185 cm³/mol. The molecule has 5 aliphatic carbocycles. The van der Waals surface area contributed by atoms with E-state index in [2.05, 4.69) is 34.6 Å². The molecular formula is C41H59F2NO7. The first-order chi connectivity index (χ1) is 23.8. The molecule has 10 heteroatoms. The first-order valence-corrected chi connectivity index (χ1v) is 19.6. The lowest BCUT2D eigenvalue weighted by Gasteiger charge is -2.64. The van der Waals surface area contributed by atoms with Gasteiger partial charge in [0.05, 0.1) is 43.2 Å². The van der Waals surface area contributed by atoms with Crippen LogP contribution in [-0.2, 0) is 14.2 Å². The van der Waals surface area contributed by atoms with Gasteiger partial charge in [-0.1, -0.05) is 34.6 Å². The molecule has 51 heavy (non-hydrogen) atoms. The van der Waals surface area contributed by atoms with Gasteiger partial charge in [0.2, 0.25) is 0 Å². The first-order valence-electron chi connectivity index (χ1n) is 19.6. The summed E-state index contributed by atoms with van der Waals surface area (Å²) in [7, 11) is 0. The highest BCUT2D eigenvalue weighted by Gasteiger charge is 2.84. The Morgan fingerprint density at radius 3 is 2.37 bits per heavy atom. The Morgan fingerprint density at radius 2 is 1.69 bits per heavy atom. The van der Waals surface area contributed by atoms with E-state index in [1.807, 2.05) is 0 Å². The van der Waals surface area contributed by atoms with Crippen molar-refractivity contribution in [3.8, 4) is 0 Å². The van der Waals surface area contributed by atoms with Crippen molar-refractivity contribution in [2.75, 3.05) is 19.7 Å². The molecule has 5 saturated carbocycles. The van der Waals surface area contributed by atoms with Gasteiger partial charge in [0.1, 0.15) is 17.7 Å². The van der Waals surface area contributed by atoms with Gasteiger partial charge in [0, 0.05) is 23.6 Å². The Labute approximate surface area is 301 Å². The summed E-state index contributed by atoms with van der Waals surface area (Å²) in [6.45, 7) is 15.8. The zero-order chi connectivity index (χ0) is 36.7. The van der Waals surface area contributed by atoms with Crippen LogP contribution in [-0.4, -0.2) is 88.2 Å². The number of halogens is 2. The monoisotopic (exact) mass is 715 g/mol. The highest BCUT2D eigenvalue weighted by Crippen LogP contribution is 2.89. The number of hydrogen-bond donors (Lipinski definition) is 3. The number of nitrogens with zero attached hydrogens (tertiary/aromatic N) is 1. The van der Waals surface area contributed by atoms with Crippen LogP contribution in [0.2, 0.25) is 0 Å². The Morgan fingerprint density at radius 1 is 1.02 bits per heavy atom. The van der Waals surface area contributed by atoms with Gasteiger partial charge < -0.3 is 34.4 Å². The Hall–Kier alpha value is -1.69. The van der Waals surface area contributed by atoms with Crippen LogP contribution in [0.25, 0.3) is 0 Å². The van der Waals surface area contributed by atoms with Crippen LogP contribution in [0.5, 0.6) is 0 Å². The minimum absolute atomic E-state index is 0.0136. The van der Waals surface area contributed by atoms with Gasteiger partial charge in [-0.05, 0) is 123 Å². The van der Waals surface area contributed by atoms with Gasteiger partial charge >= 0.3 is 0 Å². The molecule has 2 heterocycles. The average Bonchev–Trinajstić information content (AvgIpc) is 3.69. The number of fused-ring (bicyclic) bond motifs is 4. The number of ether oxygens (including phenoxy) is 3. The van der Waals surface area contributed by atoms with Crippen LogP contribution < -0.4 is 0 Å². The number of rotatable bonds is 5. The van der Waals surface area contributed by atoms with Crippen molar-refractivity contribution in [2.45, 2.75) is 142 Å². The Kier molecular flexibility index (Phi) is 8.30. The van der Waals surface area contributed by atoms with Crippen LogP contribution in [0.15, 0.2) is 18.2 Å². The van der Waals surface area contributed by atoms with E-state index >= 15 is 0 Å². The lowest BCUT2D eigenvalue weighted by atomic mass is 9.41. The topological polar surface area (TPSA) is 109 Å². The highest BCUT2D eigenvalue weighted by atomic mass is 19.1. The smallest absolute Gasteiger partial charge is 0.254 e. The number of aliphatic hydroxyl groups excluding tert-OH is 2. The lowest BCUT2D eigenvalue weighted by Crippen LogP contribution is -2.60. The molecule has 7 fully saturated rings. The Balaban J connectivity index is 0.996. The zero-order valence-corrected chi connectivity index (χ0v) is 31.5. The van der Waals surface area contributed by atoms with E-state index in [1.54, 1.807) is 18.7 Å². The maximum absolute atomic E-state index is 13.9. The third-order valence-electron chi connectivity index (χ3n) is 16.6. The third-order valence-corrected chi connectivity index (χ3v) is 16.6. The molecule has 0 bridgehead atoms. The van der Waals surface area contributed by atoms with Crippen molar-refractivity contribution in [3.63, 3.8) is 0 Å². The van der Waals surface area contributed by atoms with E-state index in [0.29, 0.717) is 31.4 Å². The standard InChI is InChI=1S/C41H59F2NO7/c1-22-16-26(33(45)37(4,5)48)50-32-31(22)38(6)12-13-41-21-40(41)11-10-29(36(2,3)27(40)8-9-28(41)39(38,7)34(32)46)51-30-20-44(14-15-49-30)35(47)23-17-24(42)19-25(43)18-23/h17-19,22,26-34,45-46,48H,8-16,20-21H2,1-7H3/t22-,26?,27+,28?,29?,30+,31+,32?,33+,34+,38-,39-,40-,41+/m1/s1. The molecule has 8 rings (SSSR count). The molecule has 8 nitrogen and oxygen atoms in total. The SMILES string of the molecule is C[C@@H]1CC([C@H](O)C(C)(C)O)OC2[C@H]1[C@@]1(C)CC[C@@]34C[C@@]35CCC(O[C@H]3CN(C(=O)c6cc(F)cc(F)c6)CCO3)C(C)(C)[C@@H]5CCC4[C@]1(C)[C@H]2O. The lowest BCUT2D eigenvalue weighted by molar-refractivity contribution is -0.245. The second-order valence-electron chi connectivity index (χ2n) is 19.5. The van der Waals surface area contributed by atoms with Crippen molar-refractivity contribution in [1.29, 1.82) is 0 Å². The summed E-state index contributed by atoms with van der Waals surface area (Å²) in [5, 5.41) is 34.1. The summed E-state index contributed by atoms with van der Waals surface area (Å²) in [5.41, 5.74) is -1.51. The summed E-state index contributed by atoms with van der Waals surface area (Å²) in [6.07, 6.45) is 4.88. The molecule has 1 amide bonds. The number of benzene rings is 1. The van der Waals surface area contributed by atoms with Crippen LogP contribution in [0.1, 0.15) is 110 Å². The summed E-state index contributed by atoms with van der Waals surface area (Å²) >= 11 is 0. The quantitative estimate of drug-likeness (QED) is 0.339. The highest BCUT2D eigenvalue weighted by molar-refractivity contribution is 5.94. The van der Waals surface area contributed by atoms with Crippen LogP contribution in [0.4, 0.5) is 8.78 Å². The molecule has 7 aliphatic rings. The Bertz CT molecular complexity index is 1550. The minimum atomic E-state index is -1.29. The van der Waals surface area contributed by atoms with Crippen LogP contribution in [0, 0.1) is 62.4 Å². The van der Waals surface area contributed by atoms with Crippen molar-refractivity contribution in [1.82, 2.24) is 4.90 Å². The van der Waals surface area contributed by atoms with Crippen molar-refractivity contribution >= 4 is 5.91 Å². The molecule has 4 unspecified atom stereocenters. The average molecular weight is 716 g/mol. The summed E-state index contributed by atoms with van der Waals surface area (Å²) in [6, 6.07) is 2.91. The summed E-state index contributed by atoms with van der Waals surface area (Å²) in [4.78, 5) is 14.8. The van der Waals surface area contributed by atoms with Gasteiger partial charge in [0.25, 0.3) is 5.91 Å². The predicted octanol–water partition coefficient (Wildman–Crippen LogP) is 6.09. The number of morpholine rings is 1. The maximum atomic E-state index is 13.9. The molecule has 2 saturated heterocycles. The molecule has 1 aromatic rings. The molecule has 1 aromatic carbocycles. The van der Waals surface area contributed by atoms with E-state index < -0.39 is 47.7 Å². The van der Waals surface area contributed by atoms with Gasteiger partial charge in [0.15, 0.2) is 6.29 Å². The molecule has 0 radical (unpaired) electrons. The van der Waals surface area contributed by atoms with E-state index in [-0.39, 0.29) is 63.2 Å². The fourth-order valence-corrected chi connectivity index (χ4v) is 14.1. The number of hydrogen-bond acceptors (Lipinski definition) is 7. The van der Waals surface area contributed by atoms with Gasteiger partial charge in [-0.2, -0.15) is 0 Å². The second-order valence-corrected chi connectivity index (χ2v) is 19.5. The molecule has 14 atom stereocenters. The molecule has 0 aromatic heterocycles. The van der Waals surface area contributed by atoms with Crippen molar-refractivity contribution in [3.05, 3.63) is 35.4 Å². The summed E-state index contributed by atoms with van der Waals surface area (Å²) in [5.74, 6) is -0.721. The van der Waals surface area contributed by atoms with Crippen LogP contribution in [0.3, 0.4) is 0 Å². The summed E-state index contributed by atoms with van der Waals surface area (Å²) < 4.78 is 47.2. The fraction of sp³-hybridized carbons (Fsp3) is 0.829. The fourth-order valence-electron chi connectivity index (χ4n) is 14.1. The minimum Gasteiger partial charge on any atom is -0.390 e. The van der Waals surface area contributed by atoms with E-state index in [1.165, 1.54) is 6.42 Å². The zero-order valence-electron chi connectivity index (χ0n) is 31.5. The first kappa shape index (κ1) is 36.3. The third kappa shape index (κ3) is 4.98. The molecule has 2 spiro atoms. The second kappa shape index (κ2) is 11.7. The largest absolute Gasteiger partial charge is 0.390 e. The van der Waals surface area contributed by atoms with E-state index in [4.69, 9.17) is 14.2 Å². The maximum Gasteiger partial charge on any atom is 0.254 e. The van der Waals surface area contributed by atoms with Gasteiger partial charge in [-0.25, -0.2) is 8.78 Å². The van der Waals surface area contributed by atoms with E-state index in [9.17, 15) is 28.9 Å². The molecule has 284 valence electrons. The normalized spacial score (nSPS) is 47.7. The van der Waals surface area contributed by atoms with Gasteiger partial charge in [-0.15, -0.1) is 0 Å². The molecule has 3 N–H and O–H groups in total. The molecular weight excluding hydrogens is 656 g/mol. The number of aliphatic hydroxyl groups is 3. The number of carbonyl (C=O) groups excluding carboxylic acids is 1. The number of amides is 1. The van der Waals surface area contributed by atoms with Crippen molar-refractivity contribution in [2.24, 2.45) is 50.7 Å². The molecule has 2 aliphatic heterocycles. The number of carbonyl (C=O) groups is 1. The van der Waals surface area contributed by atoms with Crippen LogP contribution >= 0.6 is 0 Å².